The third-order valence-corrected chi connectivity index (χ3v) is 6.62. The van der Waals surface area contributed by atoms with Gasteiger partial charge in [0, 0.05) is 11.6 Å². The summed E-state index contributed by atoms with van der Waals surface area (Å²) < 4.78 is 35.2. The van der Waals surface area contributed by atoms with E-state index in [9.17, 15) is 14.2 Å². The van der Waals surface area contributed by atoms with Crippen LogP contribution in [0.15, 0.2) is 54.6 Å². The van der Waals surface area contributed by atoms with Gasteiger partial charge in [0.15, 0.2) is 11.5 Å². The summed E-state index contributed by atoms with van der Waals surface area (Å²) in [6, 6.07) is 14.5. The van der Waals surface area contributed by atoms with Crippen molar-refractivity contribution in [3.05, 3.63) is 76.3 Å². The zero-order valence-electron chi connectivity index (χ0n) is 18.4. The number of carbonyl (C=O) groups is 2. The molecule has 0 aliphatic heterocycles. The van der Waals surface area contributed by atoms with Crippen LogP contribution in [0.5, 0.6) is 23.0 Å². The monoisotopic (exact) mass is 487 g/mol. The van der Waals surface area contributed by atoms with E-state index in [1.54, 1.807) is 36.4 Å². The van der Waals surface area contributed by atoms with E-state index in [4.69, 9.17) is 30.5 Å². The minimum absolute atomic E-state index is 0.0178. The number of ketones is 1. The molecule has 0 fully saturated rings. The number of hydrogen-bond acceptors (Lipinski definition) is 7. The fraction of sp³-hybridized carbons (Fsp3) is 0.167. The Kier molecular flexibility index (Phi) is 7.69. The van der Waals surface area contributed by atoms with E-state index >= 15 is 0 Å². The maximum Gasteiger partial charge on any atom is 0.466 e. The van der Waals surface area contributed by atoms with Crippen LogP contribution in [0, 0.1) is 0 Å². The lowest BCUT2D eigenvalue weighted by Gasteiger charge is -2.15. The Hall–Kier alpha value is -3.41. The first-order chi connectivity index (χ1) is 15.9. The second kappa shape index (κ2) is 10.5. The number of benzene rings is 3. The molecule has 0 aliphatic rings. The number of rotatable bonds is 9. The largest absolute Gasteiger partial charge is 0.496 e. The molecule has 33 heavy (non-hydrogen) atoms. The van der Waals surface area contributed by atoms with Crippen LogP contribution in [0.25, 0.3) is 0 Å². The summed E-state index contributed by atoms with van der Waals surface area (Å²) in [4.78, 5) is 26.7. The van der Waals surface area contributed by atoms with E-state index in [1.807, 2.05) is 0 Å². The number of ether oxygens (including phenoxy) is 4. The zero-order valence-corrected chi connectivity index (χ0v) is 20.0. The van der Waals surface area contributed by atoms with Crippen LogP contribution in [0.3, 0.4) is 0 Å². The van der Waals surface area contributed by atoms with Crippen LogP contribution >= 0.6 is 19.4 Å². The van der Waals surface area contributed by atoms with E-state index in [0.717, 1.165) is 0 Å². The second-order valence-electron chi connectivity index (χ2n) is 6.65. The molecule has 0 aromatic heterocycles. The van der Waals surface area contributed by atoms with Gasteiger partial charge in [-0.3, -0.25) is 4.79 Å². The Bertz CT molecular complexity index is 1230. The average molecular weight is 488 g/mol. The summed E-state index contributed by atoms with van der Waals surface area (Å²) >= 11 is 6.23. The van der Waals surface area contributed by atoms with Crippen molar-refractivity contribution in [3.63, 3.8) is 0 Å². The fourth-order valence-electron chi connectivity index (χ4n) is 3.34. The molecule has 0 amide bonds. The smallest absolute Gasteiger partial charge is 0.466 e. The molecule has 0 radical (unpaired) electrons. The van der Waals surface area contributed by atoms with Crippen molar-refractivity contribution < 1.29 is 33.1 Å². The van der Waals surface area contributed by atoms with Crippen molar-refractivity contribution in [3.8, 4) is 23.0 Å². The molecule has 0 saturated heterocycles. The molecule has 1 atom stereocenters. The molecular formula is C24H21ClO7P+. The molecule has 7 nitrogen and oxygen atoms in total. The second-order valence-corrected chi connectivity index (χ2v) is 8.50. The van der Waals surface area contributed by atoms with Crippen LogP contribution in [-0.2, 0) is 4.57 Å². The molecule has 0 spiro atoms. The van der Waals surface area contributed by atoms with Gasteiger partial charge in [0.2, 0.25) is 5.78 Å². The predicted molar refractivity (Wildman–Crippen MR) is 126 cm³/mol. The van der Waals surface area contributed by atoms with Crippen molar-refractivity contribution in [1.29, 1.82) is 0 Å². The Morgan fingerprint density at radius 2 is 1.39 bits per heavy atom. The quantitative estimate of drug-likeness (QED) is 0.313. The number of hydrogen-bond donors (Lipinski definition) is 0. The Labute approximate surface area is 197 Å². The van der Waals surface area contributed by atoms with E-state index < -0.39 is 19.1 Å². The Morgan fingerprint density at radius 3 is 1.97 bits per heavy atom. The predicted octanol–water partition coefficient (Wildman–Crippen LogP) is 4.90. The molecule has 3 aromatic carbocycles. The molecular weight excluding hydrogens is 467 g/mol. The first-order valence-electron chi connectivity index (χ1n) is 9.66. The lowest BCUT2D eigenvalue weighted by atomic mass is 10.0. The minimum atomic E-state index is -2.84. The third-order valence-electron chi connectivity index (χ3n) is 4.89. The van der Waals surface area contributed by atoms with E-state index in [0.29, 0.717) is 5.56 Å². The molecule has 0 saturated carbocycles. The summed E-state index contributed by atoms with van der Waals surface area (Å²) in [6.07, 6.45) is 0. The van der Waals surface area contributed by atoms with Gasteiger partial charge < -0.3 is 18.9 Å². The van der Waals surface area contributed by atoms with Gasteiger partial charge in [-0.2, -0.15) is 0 Å². The highest BCUT2D eigenvalue weighted by Gasteiger charge is 2.44. The summed E-state index contributed by atoms with van der Waals surface area (Å²) in [5.41, 5.74) is -0.463. The van der Waals surface area contributed by atoms with E-state index in [2.05, 4.69) is 0 Å². The maximum absolute atomic E-state index is 13.6. The topological polar surface area (TPSA) is 88.1 Å². The van der Waals surface area contributed by atoms with Gasteiger partial charge in [0.1, 0.15) is 22.6 Å². The van der Waals surface area contributed by atoms with Crippen molar-refractivity contribution in [2.45, 2.75) is 0 Å². The summed E-state index contributed by atoms with van der Waals surface area (Å²) in [5.74, 6) is -0.135. The highest BCUT2D eigenvalue weighted by molar-refractivity contribution is 7.72. The van der Waals surface area contributed by atoms with E-state index in [1.165, 1.54) is 46.6 Å². The number of halogens is 1. The average Bonchev–Trinajstić information content (AvgIpc) is 2.86. The minimum Gasteiger partial charge on any atom is -0.496 e. The van der Waals surface area contributed by atoms with Gasteiger partial charge in [-0.05, 0) is 12.1 Å². The lowest BCUT2D eigenvalue weighted by Crippen LogP contribution is -2.17. The van der Waals surface area contributed by atoms with E-state index in [-0.39, 0.29) is 44.5 Å². The molecule has 3 aromatic rings. The molecule has 170 valence electrons. The Balaban J connectivity index is 2.26. The van der Waals surface area contributed by atoms with Crippen molar-refractivity contribution in [2.24, 2.45) is 0 Å². The lowest BCUT2D eigenvalue weighted by molar-refractivity contribution is 0.103. The van der Waals surface area contributed by atoms with Crippen LogP contribution in [0.2, 0.25) is 5.02 Å². The van der Waals surface area contributed by atoms with Crippen LogP contribution in [0.4, 0.5) is 0 Å². The molecule has 9 heteroatoms. The number of carbonyl (C=O) groups excluding carboxylic acids is 2. The first kappa shape index (κ1) is 24.2. The molecule has 0 N–H and O–H groups in total. The van der Waals surface area contributed by atoms with Gasteiger partial charge in [-0.1, -0.05) is 52.6 Å². The molecule has 0 aliphatic carbocycles. The first-order valence-corrected chi connectivity index (χ1v) is 11.3. The highest BCUT2D eigenvalue weighted by Crippen LogP contribution is 2.44. The van der Waals surface area contributed by atoms with Crippen molar-refractivity contribution >= 4 is 36.0 Å². The fourth-order valence-corrected chi connectivity index (χ4v) is 5.04. The number of methoxy groups -OCH3 is 4. The molecule has 0 heterocycles. The summed E-state index contributed by atoms with van der Waals surface area (Å²) in [5, 5.41) is -0.00298. The normalized spacial score (nSPS) is 10.9. The van der Waals surface area contributed by atoms with Gasteiger partial charge in [0.25, 0.3) is 5.30 Å². The SMILES string of the molecule is COc1cccc(Cl)c1C(=O)[P+](=O)c1c(OC)cc(OC)c(C(=O)c2ccccc2)c1OC. The molecule has 1 unspecified atom stereocenters. The van der Waals surface area contributed by atoms with Gasteiger partial charge in [-0.25, -0.2) is 4.79 Å². The standard InChI is InChI=1S/C24H21ClO7P/c1-29-16-12-8-11-15(25)19(16)24(27)33(28)23-18(31-3)13-17(30-2)20(22(23)32-4)21(26)14-9-6-5-7-10-14/h5-13H,1-4H3/q+1. The Morgan fingerprint density at radius 1 is 0.758 bits per heavy atom. The molecule has 3 rings (SSSR count). The summed E-state index contributed by atoms with van der Waals surface area (Å²) in [6.45, 7) is 0. The summed E-state index contributed by atoms with van der Waals surface area (Å²) in [7, 11) is 2.57. The maximum atomic E-state index is 13.6. The molecule has 0 bridgehead atoms. The van der Waals surface area contributed by atoms with Gasteiger partial charge in [-0.15, -0.1) is 0 Å². The highest BCUT2D eigenvalue weighted by atomic mass is 35.5. The van der Waals surface area contributed by atoms with Crippen molar-refractivity contribution in [1.82, 2.24) is 0 Å². The zero-order chi connectivity index (χ0) is 24.1. The van der Waals surface area contributed by atoms with Gasteiger partial charge in [0.05, 0.1) is 33.5 Å². The third kappa shape index (κ3) is 4.56. The van der Waals surface area contributed by atoms with Crippen LogP contribution < -0.4 is 24.3 Å². The van der Waals surface area contributed by atoms with Crippen LogP contribution in [0.1, 0.15) is 26.3 Å². The van der Waals surface area contributed by atoms with Crippen molar-refractivity contribution in [2.75, 3.05) is 28.4 Å². The van der Waals surface area contributed by atoms with Crippen LogP contribution in [-0.4, -0.2) is 39.7 Å². The van der Waals surface area contributed by atoms with Gasteiger partial charge >= 0.3 is 13.3 Å².